The molecular formula is C31H46O7. The maximum atomic E-state index is 12.8. The number of rotatable bonds is 4. The van der Waals surface area contributed by atoms with Crippen LogP contribution in [0.3, 0.4) is 0 Å². The average Bonchev–Trinajstić information content (AvgIpc) is 3.65. The molecule has 38 heavy (non-hydrogen) atoms. The summed E-state index contributed by atoms with van der Waals surface area (Å²) in [5, 5.41) is 41.8. The predicted molar refractivity (Wildman–Crippen MR) is 149 cm³/mol. The maximum absolute atomic E-state index is 12.8. The van der Waals surface area contributed by atoms with Gasteiger partial charge < -0.3 is 29.9 Å². The number of aliphatic hydroxyl groups excluding tert-OH is 4. The number of aliphatic hydroxyl groups is 4. The third-order valence-electron chi connectivity index (χ3n) is 7.26. The summed E-state index contributed by atoms with van der Waals surface area (Å²) in [5.41, 5.74) is 1.70. The van der Waals surface area contributed by atoms with Gasteiger partial charge in [0.15, 0.2) is 0 Å². The van der Waals surface area contributed by atoms with E-state index in [1.807, 2.05) is 6.92 Å². The molecule has 0 unspecified atom stereocenters. The van der Waals surface area contributed by atoms with Crippen molar-refractivity contribution in [2.24, 2.45) is 11.8 Å². The second-order valence-electron chi connectivity index (χ2n) is 10.8. The van der Waals surface area contributed by atoms with E-state index in [4.69, 9.17) is 9.47 Å². The first-order valence-corrected chi connectivity index (χ1v) is 13.5. The molecule has 2 aliphatic rings. The number of carbonyl (C=O) groups is 1. The molecule has 4 N–H and O–H groups in total. The van der Waals surface area contributed by atoms with Crippen LogP contribution in [0.15, 0.2) is 72.4 Å². The van der Waals surface area contributed by atoms with Gasteiger partial charge in [0.1, 0.15) is 36.6 Å². The number of cyclic esters (lactones) is 1. The minimum absolute atomic E-state index is 0.0474. The Kier molecular flexibility index (Phi) is 12.4. The molecule has 0 spiro atoms. The molecule has 2 aliphatic heterocycles. The van der Waals surface area contributed by atoms with Crippen molar-refractivity contribution in [3.8, 4) is 0 Å². The molecule has 0 bridgehead atoms. The van der Waals surface area contributed by atoms with Crippen LogP contribution in [0.25, 0.3) is 0 Å². The van der Waals surface area contributed by atoms with Crippen LogP contribution in [0.1, 0.15) is 59.8 Å². The van der Waals surface area contributed by atoms with Crippen LogP contribution < -0.4 is 0 Å². The number of carbonyl (C=O) groups excluding carboxylic acids is 1. The molecule has 2 heterocycles. The second-order valence-corrected chi connectivity index (χ2v) is 10.8. The topological polar surface area (TPSA) is 120 Å². The van der Waals surface area contributed by atoms with Gasteiger partial charge in [-0.15, -0.1) is 0 Å². The third kappa shape index (κ3) is 9.17. The summed E-state index contributed by atoms with van der Waals surface area (Å²) in [6.45, 7) is 19.7. The van der Waals surface area contributed by atoms with E-state index in [2.05, 4.69) is 33.6 Å². The van der Waals surface area contributed by atoms with Crippen molar-refractivity contribution < 1.29 is 34.7 Å². The molecule has 0 aliphatic carbocycles. The highest BCUT2D eigenvalue weighted by molar-refractivity contribution is 5.83. The highest BCUT2D eigenvalue weighted by Gasteiger charge is 2.51. The Morgan fingerprint density at radius 1 is 1.03 bits per heavy atom. The van der Waals surface area contributed by atoms with E-state index in [1.54, 1.807) is 25.2 Å². The molecule has 7 heteroatoms. The molecule has 0 saturated carbocycles. The molecule has 1 saturated heterocycles. The summed E-state index contributed by atoms with van der Waals surface area (Å²) in [7, 11) is 0. The van der Waals surface area contributed by atoms with Crippen LogP contribution in [0.4, 0.5) is 0 Å². The quantitative estimate of drug-likeness (QED) is 0.245. The van der Waals surface area contributed by atoms with Crippen LogP contribution in [-0.4, -0.2) is 69.1 Å². The standard InChI is InChI=1S/C31H46O7/c1-8-11-21(5)29-31(38-29)30-22(6)16-18(2)13-10-15-24(32)27(35)23(7)28(36)26(34)20(4)14-9-12-19(3)17-25(33)37-30/h9-10,12,15,17,21-22,24,26-32,34-36H,2,4,7-8,11,13-14,16H2,1,3,5-6H3/b12-9+,15-10+,19-17+/t21-,22-,24+,26+,27+,28+,29-,30+,31+/m0/s1. The summed E-state index contributed by atoms with van der Waals surface area (Å²) < 4.78 is 11.9. The van der Waals surface area contributed by atoms with Crippen molar-refractivity contribution in [3.05, 3.63) is 72.4 Å². The zero-order valence-corrected chi connectivity index (χ0v) is 23.3. The van der Waals surface area contributed by atoms with Gasteiger partial charge in [0.25, 0.3) is 0 Å². The summed E-state index contributed by atoms with van der Waals surface area (Å²) in [4.78, 5) is 12.8. The van der Waals surface area contributed by atoms with Crippen LogP contribution >= 0.6 is 0 Å². The lowest BCUT2D eigenvalue weighted by Gasteiger charge is -2.26. The fourth-order valence-electron chi connectivity index (χ4n) is 4.86. The molecule has 2 rings (SSSR count). The first kappa shape index (κ1) is 31.9. The van der Waals surface area contributed by atoms with Crippen molar-refractivity contribution in [3.63, 3.8) is 0 Å². The van der Waals surface area contributed by atoms with Gasteiger partial charge in [-0.25, -0.2) is 4.79 Å². The first-order valence-electron chi connectivity index (χ1n) is 13.5. The summed E-state index contributed by atoms with van der Waals surface area (Å²) >= 11 is 0. The number of esters is 1. The molecule has 0 amide bonds. The highest BCUT2D eigenvalue weighted by Crippen LogP contribution is 2.39. The summed E-state index contributed by atoms with van der Waals surface area (Å²) in [6, 6.07) is 0. The van der Waals surface area contributed by atoms with Gasteiger partial charge in [0.2, 0.25) is 0 Å². The highest BCUT2D eigenvalue weighted by atomic mass is 16.6. The van der Waals surface area contributed by atoms with Gasteiger partial charge in [-0.1, -0.05) is 76.8 Å². The molecular weight excluding hydrogens is 484 g/mol. The lowest BCUT2D eigenvalue weighted by Crippen LogP contribution is -2.37. The summed E-state index contributed by atoms with van der Waals surface area (Å²) in [5.74, 6) is -0.134. The van der Waals surface area contributed by atoms with Crippen molar-refractivity contribution in [2.45, 2.75) is 103 Å². The molecule has 9 atom stereocenters. The van der Waals surface area contributed by atoms with Crippen LogP contribution in [-0.2, 0) is 14.3 Å². The van der Waals surface area contributed by atoms with Gasteiger partial charge in [0.05, 0.1) is 6.10 Å². The Balaban J connectivity index is 2.28. The molecule has 0 aromatic rings. The third-order valence-corrected chi connectivity index (χ3v) is 7.26. The number of ether oxygens (including phenoxy) is 2. The SMILES string of the molecule is C=C1C/C=C/[C@@H](O)[C@H](O)C(=C)[C@@H](O)[C@H](O)C(=C)C/C=C/C(C)=C/C(=O)O[C@@H]([C@@H]2O[C@H]2[C@@H](C)CCC)[C@@H](C)C1. The van der Waals surface area contributed by atoms with E-state index in [9.17, 15) is 25.2 Å². The Labute approximate surface area is 227 Å². The minimum atomic E-state index is -1.51. The summed E-state index contributed by atoms with van der Waals surface area (Å²) in [6.07, 6.45) is 5.05. The first-order chi connectivity index (χ1) is 17.9. The van der Waals surface area contributed by atoms with Crippen LogP contribution in [0, 0.1) is 11.8 Å². The largest absolute Gasteiger partial charge is 0.456 e. The molecule has 0 aromatic carbocycles. The fourth-order valence-corrected chi connectivity index (χ4v) is 4.86. The number of allylic oxidation sites excluding steroid dienone is 5. The van der Waals surface area contributed by atoms with Gasteiger partial charge >= 0.3 is 5.97 Å². The van der Waals surface area contributed by atoms with E-state index in [0.717, 1.165) is 18.4 Å². The van der Waals surface area contributed by atoms with Gasteiger partial charge in [-0.3, -0.25) is 0 Å². The van der Waals surface area contributed by atoms with Gasteiger partial charge in [-0.2, -0.15) is 0 Å². The van der Waals surface area contributed by atoms with Gasteiger partial charge in [-0.05, 0) is 61.2 Å². The minimum Gasteiger partial charge on any atom is -0.456 e. The van der Waals surface area contributed by atoms with Crippen LogP contribution in [0.5, 0.6) is 0 Å². The molecule has 7 nitrogen and oxygen atoms in total. The zero-order chi connectivity index (χ0) is 28.6. The fraction of sp³-hybridized carbons (Fsp3) is 0.581. The molecule has 0 aromatic heterocycles. The van der Waals surface area contributed by atoms with E-state index < -0.39 is 36.5 Å². The van der Waals surface area contributed by atoms with Crippen molar-refractivity contribution in [2.75, 3.05) is 0 Å². The monoisotopic (exact) mass is 530 g/mol. The predicted octanol–water partition coefficient (Wildman–Crippen LogP) is 4.09. The second kappa shape index (κ2) is 14.8. The van der Waals surface area contributed by atoms with Crippen molar-refractivity contribution >= 4 is 5.97 Å². The van der Waals surface area contributed by atoms with Crippen LogP contribution in [0.2, 0.25) is 0 Å². The molecule has 0 radical (unpaired) electrons. The zero-order valence-electron chi connectivity index (χ0n) is 23.3. The van der Waals surface area contributed by atoms with E-state index >= 15 is 0 Å². The molecule has 1 fully saturated rings. The number of hydrogen-bond acceptors (Lipinski definition) is 7. The molecule has 212 valence electrons. The van der Waals surface area contributed by atoms with Crippen molar-refractivity contribution in [1.29, 1.82) is 0 Å². The smallest absolute Gasteiger partial charge is 0.331 e. The van der Waals surface area contributed by atoms with E-state index in [0.29, 0.717) is 29.9 Å². The Morgan fingerprint density at radius 3 is 2.37 bits per heavy atom. The van der Waals surface area contributed by atoms with E-state index in [-0.39, 0.29) is 30.1 Å². The Morgan fingerprint density at radius 2 is 1.71 bits per heavy atom. The average molecular weight is 531 g/mol. The van der Waals surface area contributed by atoms with Crippen molar-refractivity contribution in [1.82, 2.24) is 0 Å². The normalized spacial score (nSPS) is 38.5. The lowest BCUT2D eigenvalue weighted by atomic mass is 9.89. The van der Waals surface area contributed by atoms with Gasteiger partial charge in [0, 0.05) is 6.08 Å². The van der Waals surface area contributed by atoms with E-state index in [1.165, 1.54) is 12.2 Å². The Bertz CT molecular complexity index is 946. The number of epoxide rings is 1. The number of hydrogen-bond donors (Lipinski definition) is 4. The maximum Gasteiger partial charge on any atom is 0.331 e. The lowest BCUT2D eigenvalue weighted by molar-refractivity contribution is -0.146. The Hall–Kier alpha value is -2.29.